The molecular formula is C11H11N5O2S. The van der Waals surface area contributed by atoms with Crippen molar-refractivity contribution in [2.75, 3.05) is 6.54 Å². The topological polar surface area (TPSA) is 77.6 Å². The van der Waals surface area contributed by atoms with Crippen LogP contribution in [0.25, 0.3) is 0 Å². The van der Waals surface area contributed by atoms with Crippen molar-refractivity contribution in [1.29, 1.82) is 0 Å². The molecular weight excluding hydrogens is 266 g/mol. The maximum absolute atomic E-state index is 11.0. The third-order valence-corrected chi connectivity index (χ3v) is 2.91. The summed E-state index contributed by atoms with van der Waals surface area (Å²) in [6.07, 6.45) is 0.307. The van der Waals surface area contributed by atoms with E-state index in [4.69, 9.17) is 17.9 Å². The summed E-state index contributed by atoms with van der Waals surface area (Å²) in [5.41, 5.74) is 0.707. The highest BCUT2D eigenvalue weighted by Gasteiger charge is 2.43. The number of guanidine groups is 1. The molecule has 0 saturated carbocycles. The van der Waals surface area contributed by atoms with E-state index in [1.807, 2.05) is 18.2 Å². The number of benzene rings is 1. The van der Waals surface area contributed by atoms with Crippen molar-refractivity contribution in [3.63, 3.8) is 0 Å². The summed E-state index contributed by atoms with van der Waals surface area (Å²) in [7, 11) is 0. The summed E-state index contributed by atoms with van der Waals surface area (Å²) in [6.45, 7) is 3.96. The predicted molar refractivity (Wildman–Crippen MR) is 72.8 cm³/mol. The molecule has 0 aliphatic carbocycles. The van der Waals surface area contributed by atoms with Gasteiger partial charge in [0.1, 0.15) is 6.54 Å². The van der Waals surface area contributed by atoms with E-state index < -0.39 is 6.09 Å². The molecule has 98 valence electrons. The largest absolute Gasteiger partial charge is 0.648 e. The van der Waals surface area contributed by atoms with E-state index in [2.05, 4.69) is 22.1 Å². The molecule has 0 saturated heterocycles. The number of carbonyl (C=O) groups is 1. The van der Waals surface area contributed by atoms with Gasteiger partial charge in [-0.15, -0.1) is 0 Å². The molecule has 8 heteroatoms. The summed E-state index contributed by atoms with van der Waals surface area (Å²) < 4.78 is 0.358. The lowest BCUT2D eigenvalue weighted by molar-refractivity contribution is 0.185. The average molecular weight is 277 g/mol. The van der Waals surface area contributed by atoms with Gasteiger partial charge < -0.3 is 22.2 Å². The van der Waals surface area contributed by atoms with Crippen LogP contribution in [0.4, 0.5) is 10.5 Å². The summed E-state index contributed by atoms with van der Waals surface area (Å²) in [4.78, 5) is 11.0. The third-order valence-electron chi connectivity index (χ3n) is 2.59. The summed E-state index contributed by atoms with van der Waals surface area (Å²) in [5.74, 6) is 0.0357. The van der Waals surface area contributed by atoms with Gasteiger partial charge in [0.25, 0.3) is 0 Å². The van der Waals surface area contributed by atoms with Gasteiger partial charge in [0.15, 0.2) is 5.69 Å². The van der Waals surface area contributed by atoms with Crippen molar-refractivity contribution in [1.82, 2.24) is 8.90 Å². The number of hydrogen-bond acceptors (Lipinski definition) is 5. The Morgan fingerprint density at radius 3 is 2.74 bits per heavy atom. The quantitative estimate of drug-likeness (QED) is 0.523. The second kappa shape index (κ2) is 5.21. The number of rotatable bonds is 3. The molecule has 1 aliphatic heterocycles. The Hall–Kier alpha value is -2.19. The third kappa shape index (κ3) is 2.23. The van der Waals surface area contributed by atoms with Crippen LogP contribution in [0, 0.1) is 0 Å². The van der Waals surface area contributed by atoms with Crippen molar-refractivity contribution >= 4 is 30.6 Å². The van der Waals surface area contributed by atoms with Crippen molar-refractivity contribution in [2.45, 2.75) is 0 Å². The number of hydrogen-bond donors (Lipinski definition) is 1. The zero-order valence-electron chi connectivity index (χ0n) is 9.88. The van der Waals surface area contributed by atoms with Gasteiger partial charge in [-0.05, 0) is 11.2 Å². The molecule has 7 nitrogen and oxygen atoms in total. The van der Waals surface area contributed by atoms with Crippen molar-refractivity contribution in [3.8, 4) is 0 Å². The van der Waals surface area contributed by atoms with E-state index in [0.29, 0.717) is 16.5 Å². The van der Waals surface area contributed by atoms with Gasteiger partial charge in [-0.1, -0.05) is 29.4 Å². The molecule has 1 aromatic rings. The first-order chi connectivity index (χ1) is 9.12. The highest BCUT2D eigenvalue weighted by Crippen LogP contribution is 2.29. The molecule has 1 atom stereocenters. The first kappa shape index (κ1) is 13.2. The van der Waals surface area contributed by atoms with Crippen molar-refractivity contribution < 1.29 is 9.90 Å². The SMILES string of the molecule is C=CC[N+]1(c2ccccc2)N=NN=C1N([S-])C(=O)O. The summed E-state index contributed by atoms with van der Waals surface area (Å²) in [5, 5.41) is 20.4. The monoisotopic (exact) mass is 277 g/mol. The molecule has 0 bridgehead atoms. The number of nitrogens with zero attached hydrogens (tertiary/aromatic N) is 5. The van der Waals surface area contributed by atoms with E-state index >= 15 is 0 Å². The Morgan fingerprint density at radius 2 is 2.16 bits per heavy atom. The fourth-order valence-electron chi connectivity index (χ4n) is 1.77. The highest BCUT2D eigenvalue weighted by atomic mass is 32.1. The molecule has 1 N–H and O–H groups in total. The zero-order chi connectivity index (χ0) is 13.9. The van der Waals surface area contributed by atoms with E-state index in [1.54, 1.807) is 18.2 Å². The van der Waals surface area contributed by atoms with Gasteiger partial charge in [0.05, 0.1) is 5.22 Å². The first-order valence-electron chi connectivity index (χ1n) is 5.37. The van der Waals surface area contributed by atoms with Gasteiger partial charge in [-0.25, -0.2) is 4.79 Å². The lowest BCUT2D eigenvalue weighted by atomic mass is 10.2. The van der Waals surface area contributed by atoms with Crippen LogP contribution in [0.1, 0.15) is 0 Å². The maximum Gasteiger partial charge on any atom is 0.394 e. The Labute approximate surface area is 115 Å². The standard InChI is InChI=1S/C11H11N5O2S/c1-2-8-16(9-6-4-3-5-7-9)10(12-13-14-16)15(19)11(17)18/h2-7H,1,8H2,(H,17,18). The van der Waals surface area contributed by atoms with Gasteiger partial charge in [0, 0.05) is 17.4 Å². The van der Waals surface area contributed by atoms with E-state index in [0.717, 1.165) is 0 Å². The van der Waals surface area contributed by atoms with Gasteiger partial charge in [0.2, 0.25) is 0 Å². The molecule has 0 radical (unpaired) electrons. The van der Waals surface area contributed by atoms with Crippen molar-refractivity contribution in [3.05, 3.63) is 43.0 Å². The van der Waals surface area contributed by atoms with Crippen LogP contribution in [0.15, 0.2) is 58.5 Å². The Kier molecular flexibility index (Phi) is 3.63. The number of carboxylic acid groups (broad SMARTS) is 1. The second-order valence-electron chi connectivity index (χ2n) is 3.73. The molecule has 2 rings (SSSR count). The lowest BCUT2D eigenvalue weighted by Crippen LogP contribution is -2.55. The van der Waals surface area contributed by atoms with Gasteiger partial charge in [-0.3, -0.25) is 0 Å². The molecule has 0 fully saturated rings. The smallest absolute Gasteiger partial charge is 0.394 e. The zero-order valence-corrected chi connectivity index (χ0v) is 10.7. The minimum absolute atomic E-state index is 0.0357. The van der Waals surface area contributed by atoms with Crippen LogP contribution >= 0.6 is 0 Å². The first-order valence-corrected chi connectivity index (χ1v) is 5.74. The van der Waals surface area contributed by atoms with Crippen LogP contribution < -0.4 is 4.59 Å². The van der Waals surface area contributed by atoms with E-state index in [9.17, 15) is 4.79 Å². The molecule has 1 aliphatic rings. The van der Waals surface area contributed by atoms with Crippen LogP contribution in [-0.4, -0.2) is 28.0 Å². The van der Waals surface area contributed by atoms with Crippen LogP contribution in [0.5, 0.6) is 0 Å². The van der Waals surface area contributed by atoms with Crippen LogP contribution in [-0.2, 0) is 12.8 Å². The lowest BCUT2D eigenvalue weighted by Gasteiger charge is -2.33. The number of para-hydroxylation sites is 1. The fourth-order valence-corrected chi connectivity index (χ4v) is 1.94. The highest BCUT2D eigenvalue weighted by molar-refractivity contribution is 7.57. The van der Waals surface area contributed by atoms with E-state index in [1.165, 1.54) is 0 Å². The average Bonchev–Trinajstić information content (AvgIpc) is 2.84. The molecule has 0 spiro atoms. The Morgan fingerprint density at radius 1 is 1.47 bits per heavy atom. The Bertz CT molecular complexity index is 559. The van der Waals surface area contributed by atoms with Crippen LogP contribution in [0.2, 0.25) is 0 Å². The summed E-state index contributed by atoms with van der Waals surface area (Å²) in [6, 6.07) is 9.08. The Balaban J connectivity index is 2.51. The normalized spacial score (nSPS) is 21.0. The number of quaternary nitrogens is 1. The molecule has 0 aromatic heterocycles. The molecule has 1 amide bonds. The minimum atomic E-state index is -1.30. The van der Waals surface area contributed by atoms with Gasteiger partial charge in [-0.2, -0.15) is 0 Å². The maximum atomic E-state index is 11.0. The predicted octanol–water partition coefficient (Wildman–Crippen LogP) is 2.27. The fraction of sp³-hybridized carbons (Fsp3) is 0.0909. The second-order valence-corrected chi connectivity index (χ2v) is 4.10. The molecule has 1 aromatic carbocycles. The molecule has 19 heavy (non-hydrogen) atoms. The molecule has 1 unspecified atom stereocenters. The minimum Gasteiger partial charge on any atom is -0.648 e. The van der Waals surface area contributed by atoms with Crippen molar-refractivity contribution in [2.24, 2.45) is 15.5 Å². The number of amides is 1. The molecule has 1 heterocycles. The summed E-state index contributed by atoms with van der Waals surface area (Å²) >= 11 is 4.82. The van der Waals surface area contributed by atoms with E-state index in [-0.39, 0.29) is 10.6 Å². The van der Waals surface area contributed by atoms with Gasteiger partial charge >= 0.3 is 12.1 Å². The van der Waals surface area contributed by atoms with Crippen LogP contribution in [0.3, 0.4) is 0 Å².